The minimum absolute atomic E-state index is 1.07. The maximum atomic E-state index is 3.44. The van der Waals surface area contributed by atoms with Gasteiger partial charge in [0.05, 0.1) is 0 Å². The van der Waals surface area contributed by atoms with Crippen molar-refractivity contribution in [3.8, 4) is 0 Å². The van der Waals surface area contributed by atoms with Gasteiger partial charge in [0.1, 0.15) is 0 Å². The van der Waals surface area contributed by atoms with Crippen molar-refractivity contribution in [3.05, 3.63) is 12.2 Å². The minimum Gasteiger partial charge on any atom is -0.316 e. The number of hydrogen-bond donors (Lipinski definition) is 1. The molecule has 64 valence electrons. The molecule has 1 heteroatoms. The van der Waals surface area contributed by atoms with Crippen LogP contribution in [0.25, 0.3) is 0 Å². The van der Waals surface area contributed by atoms with Crippen LogP contribution in [0.15, 0.2) is 12.2 Å². The van der Waals surface area contributed by atoms with E-state index in [1.54, 1.807) is 0 Å². The summed E-state index contributed by atoms with van der Waals surface area (Å²) in [5.41, 5.74) is 0. The van der Waals surface area contributed by atoms with E-state index in [1.165, 1.54) is 32.2 Å². The Morgan fingerprint density at radius 3 is 2.82 bits per heavy atom. The Morgan fingerprint density at radius 1 is 1.36 bits per heavy atom. The lowest BCUT2D eigenvalue weighted by molar-refractivity contribution is 0.617. The fraction of sp³-hybridized carbons (Fsp3) is 0.800. The second-order valence-electron chi connectivity index (χ2n) is 3.34. The average Bonchev–Trinajstić information content (AvgIpc) is 2.80. The van der Waals surface area contributed by atoms with Crippen molar-refractivity contribution in [2.45, 2.75) is 32.6 Å². The monoisotopic (exact) mass is 153 g/mol. The van der Waals surface area contributed by atoms with Crippen molar-refractivity contribution in [2.75, 3.05) is 13.1 Å². The topological polar surface area (TPSA) is 12.0 Å². The van der Waals surface area contributed by atoms with E-state index in [4.69, 9.17) is 0 Å². The first-order valence-corrected chi connectivity index (χ1v) is 4.75. The average molecular weight is 153 g/mol. The smallest absolute Gasteiger partial charge is 0.00143 e. The predicted octanol–water partition coefficient (Wildman–Crippen LogP) is 2.34. The Labute approximate surface area is 69.9 Å². The lowest BCUT2D eigenvalue weighted by Gasteiger charge is -2.00. The highest BCUT2D eigenvalue weighted by Crippen LogP contribution is 2.31. The molecule has 1 aliphatic rings. The highest BCUT2D eigenvalue weighted by atomic mass is 14.8. The van der Waals surface area contributed by atoms with Gasteiger partial charge in [-0.05, 0) is 38.8 Å². The van der Waals surface area contributed by atoms with Gasteiger partial charge in [0, 0.05) is 0 Å². The van der Waals surface area contributed by atoms with Crippen LogP contribution >= 0.6 is 0 Å². The van der Waals surface area contributed by atoms with Crippen LogP contribution in [0.3, 0.4) is 0 Å². The summed E-state index contributed by atoms with van der Waals surface area (Å²) in [6.45, 7) is 4.45. The number of nitrogens with one attached hydrogen (secondary N) is 1. The molecular weight excluding hydrogens is 134 g/mol. The Morgan fingerprint density at radius 2 is 2.18 bits per heavy atom. The van der Waals surface area contributed by atoms with Crippen LogP contribution in [0.5, 0.6) is 0 Å². The molecule has 0 unspecified atom stereocenters. The quantitative estimate of drug-likeness (QED) is 0.456. The van der Waals surface area contributed by atoms with Gasteiger partial charge in [-0.25, -0.2) is 0 Å². The molecule has 1 fully saturated rings. The Kier molecular flexibility index (Phi) is 4.29. The molecule has 0 atom stereocenters. The maximum absolute atomic E-state index is 3.44. The Balaban J connectivity index is 1.72. The molecule has 1 nitrogen and oxygen atoms in total. The van der Waals surface area contributed by atoms with Gasteiger partial charge in [0.15, 0.2) is 0 Å². The zero-order chi connectivity index (χ0) is 7.94. The van der Waals surface area contributed by atoms with Gasteiger partial charge in [-0.3, -0.25) is 0 Å². The van der Waals surface area contributed by atoms with Crippen molar-refractivity contribution >= 4 is 0 Å². The molecule has 0 aliphatic heterocycles. The molecule has 0 aromatic rings. The van der Waals surface area contributed by atoms with Crippen LogP contribution in [0, 0.1) is 5.92 Å². The molecule has 1 aliphatic carbocycles. The van der Waals surface area contributed by atoms with Gasteiger partial charge in [0.2, 0.25) is 0 Å². The Hall–Kier alpha value is -0.300. The summed E-state index contributed by atoms with van der Waals surface area (Å²) < 4.78 is 0. The van der Waals surface area contributed by atoms with Crippen molar-refractivity contribution < 1.29 is 0 Å². The molecule has 1 saturated carbocycles. The van der Waals surface area contributed by atoms with Crippen LogP contribution in [-0.4, -0.2) is 13.1 Å². The molecule has 0 aromatic heterocycles. The van der Waals surface area contributed by atoms with E-state index < -0.39 is 0 Å². The van der Waals surface area contributed by atoms with E-state index in [-0.39, 0.29) is 0 Å². The van der Waals surface area contributed by atoms with Crippen LogP contribution in [0.2, 0.25) is 0 Å². The van der Waals surface area contributed by atoms with Gasteiger partial charge in [-0.15, -0.1) is 0 Å². The van der Waals surface area contributed by atoms with E-state index in [0.717, 1.165) is 12.5 Å². The second-order valence-corrected chi connectivity index (χ2v) is 3.34. The SMILES string of the molecule is C/C=C/CCNCCC1CC1. The van der Waals surface area contributed by atoms with Gasteiger partial charge < -0.3 is 5.32 Å². The van der Waals surface area contributed by atoms with Gasteiger partial charge in [-0.1, -0.05) is 25.0 Å². The first kappa shape index (κ1) is 8.79. The zero-order valence-electron chi connectivity index (χ0n) is 7.47. The summed E-state index contributed by atoms with van der Waals surface area (Å²) in [5, 5.41) is 3.44. The normalized spacial score (nSPS) is 17.9. The van der Waals surface area contributed by atoms with Crippen molar-refractivity contribution in [1.82, 2.24) is 5.32 Å². The number of allylic oxidation sites excluding steroid dienone is 1. The van der Waals surface area contributed by atoms with E-state index in [0.29, 0.717) is 0 Å². The summed E-state index contributed by atoms with van der Waals surface area (Å²) >= 11 is 0. The molecule has 1 N–H and O–H groups in total. The lowest BCUT2D eigenvalue weighted by atomic mass is 10.3. The molecule has 0 amide bonds. The standard InChI is InChI=1S/C10H19N/c1-2-3-4-8-11-9-7-10-5-6-10/h2-3,10-11H,4-9H2,1H3/b3-2+. The van der Waals surface area contributed by atoms with E-state index in [2.05, 4.69) is 24.4 Å². The largest absolute Gasteiger partial charge is 0.316 e. The molecule has 11 heavy (non-hydrogen) atoms. The molecule has 0 heterocycles. The van der Waals surface area contributed by atoms with Crippen LogP contribution < -0.4 is 5.32 Å². The van der Waals surface area contributed by atoms with Gasteiger partial charge >= 0.3 is 0 Å². The third-order valence-corrected chi connectivity index (χ3v) is 2.15. The second kappa shape index (κ2) is 5.36. The molecule has 0 aromatic carbocycles. The molecule has 0 bridgehead atoms. The van der Waals surface area contributed by atoms with E-state index >= 15 is 0 Å². The predicted molar refractivity (Wildman–Crippen MR) is 49.6 cm³/mol. The lowest BCUT2D eigenvalue weighted by Crippen LogP contribution is -2.16. The number of rotatable bonds is 6. The highest BCUT2D eigenvalue weighted by molar-refractivity contribution is 4.78. The minimum atomic E-state index is 1.07. The van der Waals surface area contributed by atoms with E-state index in [9.17, 15) is 0 Å². The number of hydrogen-bond acceptors (Lipinski definition) is 1. The fourth-order valence-electron chi connectivity index (χ4n) is 1.19. The third kappa shape index (κ3) is 5.02. The molecule has 0 spiro atoms. The van der Waals surface area contributed by atoms with Crippen LogP contribution in [-0.2, 0) is 0 Å². The van der Waals surface area contributed by atoms with Crippen LogP contribution in [0.1, 0.15) is 32.6 Å². The summed E-state index contributed by atoms with van der Waals surface area (Å²) in [7, 11) is 0. The maximum Gasteiger partial charge on any atom is -0.00143 e. The first-order valence-electron chi connectivity index (χ1n) is 4.75. The van der Waals surface area contributed by atoms with Crippen molar-refractivity contribution in [2.24, 2.45) is 5.92 Å². The van der Waals surface area contributed by atoms with E-state index in [1.807, 2.05) is 0 Å². The summed E-state index contributed by atoms with van der Waals surface area (Å²) in [5.74, 6) is 1.07. The van der Waals surface area contributed by atoms with Gasteiger partial charge in [-0.2, -0.15) is 0 Å². The Bertz CT molecular complexity index is 114. The first-order chi connectivity index (χ1) is 5.43. The fourth-order valence-corrected chi connectivity index (χ4v) is 1.19. The van der Waals surface area contributed by atoms with Crippen molar-refractivity contribution in [1.29, 1.82) is 0 Å². The molecule has 1 rings (SSSR count). The summed E-state index contributed by atoms with van der Waals surface area (Å²) in [6.07, 6.45) is 9.87. The van der Waals surface area contributed by atoms with Crippen molar-refractivity contribution in [3.63, 3.8) is 0 Å². The molecule has 0 radical (unpaired) electrons. The molecule has 0 saturated heterocycles. The highest BCUT2D eigenvalue weighted by Gasteiger charge is 2.19. The molecular formula is C10H19N. The van der Waals surface area contributed by atoms with Gasteiger partial charge in [0.25, 0.3) is 0 Å². The summed E-state index contributed by atoms with van der Waals surface area (Å²) in [4.78, 5) is 0. The zero-order valence-corrected chi connectivity index (χ0v) is 7.47. The summed E-state index contributed by atoms with van der Waals surface area (Å²) in [6, 6.07) is 0. The van der Waals surface area contributed by atoms with Crippen LogP contribution in [0.4, 0.5) is 0 Å². The third-order valence-electron chi connectivity index (χ3n) is 2.15.